The Balaban J connectivity index is 1.25. The van der Waals surface area contributed by atoms with Crippen molar-refractivity contribution in [2.24, 2.45) is 0 Å². The predicted octanol–water partition coefficient (Wildman–Crippen LogP) is 13.0. The van der Waals surface area contributed by atoms with Gasteiger partial charge in [-0.1, -0.05) is 159 Å². The lowest BCUT2D eigenvalue weighted by Gasteiger charge is -2.25. The van der Waals surface area contributed by atoms with Gasteiger partial charge in [0.15, 0.2) is 0 Å². The van der Waals surface area contributed by atoms with Gasteiger partial charge in [-0.15, -0.1) is 0 Å². The molecule has 1 aliphatic carbocycles. The molecule has 10 aromatic rings. The minimum atomic E-state index is -0.179. The van der Waals surface area contributed by atoms with Crippen LogP contribution in [0.1, 0.15) is 25.0 Å². The highest BCUT2D eigenvalue weighted by Gasteiger charge is 2.38. The van der Waals surface area contributed by atoms with Crippen LogP contribution in [0.2, 0.25) is 0 Å². The van der Waals surface area contributed by atoms with Gasteiger partial charge < -0.3 is 0 Å². The van der Waals surface area contributed by atoms with E-state index in [0.29, 0.717) is 0 Å². The van der Waals surface area contributed by atoms with Crippen molar-refractivity contribution in [3.05, 3.63) is 169 Å². The SMILES string of the molecule is CC1(C)c2ccccc2-c2ccc3c(c(-c4cccc(-c5c6ccc7ccccc7c6nc6c5ccc5ccccc56)c4)nc4ccccc43)c21. The minimum Gasteiger partial charge on any atom is -0.247 e. The van der Waals surface area contributed by atoms with Gasteiger partial charge in [-0.3, -0.25) is 0 Å². The molecule has 0 saturated carbocycles. The van der Waals surface area contributed by atoms with E-state index in [1.807, 2.05) is 0 Å². The Hall–Kier alpha value is -6.38. The molecule has 8 aromatic carbocycles. The van der Waals surface area contributed by atoms with Crippen LogP contribution in [-0.4, -0.2) is 9.97 Å². The monoisotopic (exact) mass is 648 g/mol. The van der Waals surface area contributed by atoms with Gasteiger partial charge in [0, 0.05) is 48.9 Å². The van der Waals surface area contributed by atoms with Crippen molar-refractivity contribution in [2.75, 3.05) is 0 Å². The summed E-state index contributed by atoms with van der Waals surface area (Å²) in [6.07, 6.45) is 0. The molecule has 2 heteroatoms. The van der Waals surface area contributed by atoms with E-state index in [1.54, 1.807) is 0 Å². The first kappa shape index (κ1) is 28.5. The Morgan fingerprint density at radius 2 is 1.04 bits per heavy atom. The molecule has 0 bridgehead atoms. The van der Waals surface area contributed by atoms with Gasteiger partial charge in [-0.25, -0.2) is 9.97 Å². The summed E-state index contributed by atoms with van der Waals surface area (Å²) in [5.41, 5.74) is 12.8. The minimum absolute atomic E-state index is 0.179. The lowest BCUT2D eigenvalue weighted by molar-refractivity contribution is 0.666. The zero-order valence-electron chi connectivity index (χ0n) is 28.4. The molecule has 0 atom stereocenters. The first-order valence-electron chi connectivity index (χ1n) is 17.8. The van der Waals surface area contributed by atoms with Crippen LogP contribution in [0, 0.1) is 0 Å². The molecule has 2 nitrogen and oxygen atoms in total. The van der Waals surface area contributed by atoms with E-state index < -0.39 is 0 Å². The van der Waals surface area contributed by atoms with Crippen molar-refractivity contribution in [3.63, 3.8) is 0 Å². The maximum atomic E-state index is 5.51. The van der Waals surface area contributed by atoms with Crippen molar-refractivity contribution in [3.8, 4) is 33.5 Å². The molecule has 11 rings (SSSR count). The average Bonchev–Trinajstić information content (AvgIpc) is 3.42. The molecule has 2 heterocycles. The highest BCUT2D eigenvalue weighted by Crippen LogP contribution is 2.53. The Morgan fingerprint density at radius 3 is 1.78 bits per heavy atom. The molecule has 2 aromatic heterocycles. The summed E-state index contributed by atoms with van der Waals surface area (Å²) in [6.45, 7) is 4.74. The molecule has 0 aliphatic heterocycles. The molecular formula is C49H32N2. The van der Waals surface area contributed by atoms with E-state index >= 15 is 0 Å². The van der Waals surface area contributed by atoms with E-state index in [9.17, 15) is 0 Å². The van der Waals surface area contributed by atoms with Crippen LogP contribution in [0.4, 0.5) is 0 Å². The number of hydrogen-bond donors (Lipinski definition) is 0. The number of para-hydroxylation sites is 1. The lowest BCUT2D eigenvalue weighted by Crippen LogP contribution is -2.16. The van der Waals surface area contributed by atoms with Gasteiger partial charge in [0.05, 0.1) is 22.2 Å². The molecule has 51 heavy (non-hydrogen) atoms. The van der Waals surface area contributed by atoms with Gasteiger partial charge in [-0.05, 0) is 56.1 Å². The number of rotatable bonds is 2. The van der Waals surface area contributed by atoms with E-state index in [-0.39, 0.29) is 5.41 Å². The smallest absolute Gasteiger partial charge is 0.0794 e. The third kappa shape index (κ3) is 3.93. The molecular weight excluding hydrogens is 617 g/mol. The molecule has 0 unspecified atom stereocenters. The maximum absolute atomic E-state index is 5.51. The quantitative estimate of drug-likeness (QED) is 0.138. The van der Waals surface area contributed by atoms with Gasteiger partial charge in [0.2, 0.25) is 0 Å². The molecule has 0 amide bonds. The normalized spacial score (nSPS) is 13.5. The third-order valence-electron chi connectivity index (χ3n) is 11.4. The number of nitrogens with zero attached hydrogens (tertiary/aromatic N) is 2. The van der Waals surface area contributed by atoms with Gasteiger partial charge in [0.1, 0.15) is 0 Å². The molecule has 238 valence electrons. The molecule has 1 aliphatic rings. The van der Waals surface area contributed by atoms with Crippen LogP contribution in [0.15, 0.2) is 158 Å². The Kier molecular flexibility index (Phi) is 5.76. The third-order valence-corrected chi connectivity index (χ3v) is 11.4. The van der Waals surface area contributed by atoms with Gasteiger partial charge in [0.25, 0.3) is 0 Å². The Bertz CT molecular complexity index is 3020. The van der Waals surface area contributed by atoms with E-state index in [4.69, 9.17) is 9.97 Å². The predicted molar refractivity (Wildman–Crippen MR) is 216 cm³/mol. The second kappa shape index (κ2) is 10.3. The van der Waals surface area contributed by atoms with Crippen molar-refractivity contribution < 1.29 is 0 Å². The molecule has 0 N–H and O–H groups in total. The number of pyridine rings is 2. The summed E-state index contributed by atoms with van der Waals surface area (Å²) >= 11 is 0. The van der Waals surface area contributed by atoms with Crippen molar-refractivity contribution >= 4 is 65.0 Å². The molecule has 0 fully saturated rings. The lowest BCUT2D eigenvalue weighted by atomic mass is 9.79. The molecule has 0 radical (unpaired) electrons. The number of fused-ring (bicyclic) bond motifs is 13. The fraction of sp³-hybridized carbons (Fsp3) is 0.0612. The highest BCUT2D eigenvalue weighted by molar-refractivity contribution is 6.21. The Labute approximate surface area is 295 Å². The number of hydrogen-bond acceptors (Lipinski definition) is 2. The van der Waals surface area contributed by atoms with Crippen LogP contribution >= 0.6 is 0 Å². The van der Waals surface area contributed by atoms with Gasteiger partial charge >= 0.3 is 0 Å². The van der Waals surface area contributed by atoms with Crippen molar-refractivity contribution in [2.45, 2.75) is 19.3 Å². The van der Waals surface area contributed by atoms with Crippen molar-refractivity contribution in [1.82, 2.24) is 9.97 Å². The second-order valence-electron chi connectivity index (χ2n) is 14.5. The summed E-state index contributed by atoms with van der Waals surface area (Å²) in [5, 5.41) is 10.7. The van der Waals surface area contributed by atoms with Crippen molar-refractivity contribution in [1.29, 1.82) is 0 Å². The fourth-order valence-corrected chi connectivity index (χ4v) is 9.07. The van der Waals surface area contributed by atoms with E-state index in [0.717, 1.165) is 44.1 Å². The first-order valence-corrected chi connectivity index (χ1v) is 17.8. The second-order valence-corrected chi connectivity index (χ2v) is 14.5. The highest BCUT2D eigenvalue weighted by atomic mass is 14.7. The standard InChI is InChI=1S/C49H32N2/c1-49(2)41-20-9-7-18-35(41)38-27-26-37-36-19-8-10-21-42(36)50-46(44(37)45(38)49)32-15-11-14-31(28-32)43-39-24-22-29-12-3-5-16-33(29)47(39)51-48-34-17-6-4-13-30(34)23-25-40(43)48/h3-28H,1-2H3. The first-order chi connectivity index (χ1) is 25.1. The number of aromatic nitrogens is 2. The number of benzene rings is 8. The van der Waals surface area contributed by atoms with E-state index in [1.165, 1.54) is 65.5 Å². The zero-order valence-corrected chi connectivity index (χ0v) is 28.4. The van der Waals surface area contributed by atoms with Crippen LogP contribution in [-0.2, 0) is 5.41 Å². The zero-order chi connectivity index (χ0) is 33.8. The van der Waals surface area contributed by atoms with Gasteiger partial charge in [-0.2, -0.15) is 0 Å². The Morgan fingerprint density at radius 1 is 0.431 bits per heavy atom. The van der Waals surface area contributed by atoms with Crippen LogP contribution in [0.25, 0.3) is 98.5 Å². The van der Waals surface area contributed by atoms with Crippen LogP contribution < -0.4 is 0 Å². The molecule has 0 spiro atoms. The topological polar surface area (TPSA) is 25.8 Å². The summed E-state index contributed by atoms with van der Waals surface area (Å²) < 4.78 is 0. The molecule has 0 saturated heterocycles. The van der Waals surface area contributed by atoms with Crippen LogP contribution in [0.5, 0.6) is 0 Å². The summed E-state index contributed by atoms with van der Waals surface area (Å²) in [6, 6.07) is 57.4. The summed E-state index contributed by atoms with van der Waals surface area (Å²) in [5.74, 6) is 0. The largest absolute Gasteiger partial charge is 0.247 e. The summed E-state index contributed by atoms with van der Waals surface area (Å²) in [4.78, 5) is 10.9. The van der Waals surface area contributed by atoms with Crippen LogP contribution in [0.3, 0.4) is 0 Å². The maximum Gasteiger partial charge on any atom is 0.0794 e. The van der Waals surface area contributed by atoms with E-state index in [2.05, 4.69) is 172 Å². The average molecular weight is 649 g/mol. The fourth-order valence-electron chi connectivity index (χ4n) is 9.07. The summed E-state index contributed by atoms with van der Waals surface area (Å²) in [7, 11) is 0.